The molecular formula is C22H26ClNO4. The minimum absolute atomic E-state index is 0.166. The summed E-state index contributed by atoms with van der Waals surface area (Å²) in [5, 5.41) is 3.72. The van der Waals surface area contributed by atoms with Gasteiger partial charge in [0.25, 0.3) is 5.91 Å². The molecule has 2 aromatic rings. The first-order valence-electron chi connectivity index (χ1n) is 9.56. The van der Waals surface area contributed by atoms with Crippen LogP contribution < -0.4 is 19.5 Å². The first-order valence-corrected chi connectivity index (χ1v) is 9.94. The van der Waals surface area contributed by atoms with Crippen LogP contribution in [0.15, 0.2) is 42.5 Å². The third kappa shape index (κ3) is 5.10. The number of nitrogens with one attached hydrogen (secondary N) is 1. The molecule has 0 unspecified atom stereocenters. The molecule has 0 aliphatic carbocycles. The highest BCUT2D eigenvalue weighted by Crippen LogP contribution is 2.34. The van der Waals surface area contributed by atoms with E-state index in [9.17, 15) is 4.79 Å². The molecule has 6 heteroatoms. The van der Waals surface area contributed by atoms with Crippen LogP contribution in [-0.2, 0) is 4.79 Å². The lowest BCUT2D eigenvalue weighted by Gasteiger charge is -2.25. The van der Waals surface area contributed by atoms with Gasteiger partial charge in [-0.2, -0.15) is 0 Å². The van der Waals surface area contributed by atoms with E-state index in [1.54, 1.807) is 31.2 Å². The summed E-state index contributed by atoms with van der Waals surface area (Å²) >= 11 is 5.89. The SMILES string of the molecule is CC(C)[C@H](NC(=O)[C@@H](C)Oc1ccc(Cl)cc1)c1ccc2c(c1)OCCCO2. The van der Waals surface area contributed by atoms with Gasteiger partial charge in [-0.25, -0.2) is 0 Å². The van der Waals surface area contributed by atoms with Crippen LogP contribution in [0, 0.1) is 5.92 Å². The standard InChI is InChI=1S/C22H26ClNO4/c1-14(2)21(16-5-10-19-20(13-16)27-12-4-11-26-19)24-22(25)15(3)28-18-8-6-17(23)7-9-18/h5-10,13-15,21H,4,11-12H2,1-3H3,(H,24,25)/t15-,21+/m1/s1. The van der Waals surface area contributed by atoms with Crippen molar-refractivity contribution in [2.75, 3.05) is 13.2 Å². The Hall–Kier alpha value is -2.40. The molecule has 2 atom stereocenters. The van der Waals surface area contributed by atoms with Crippen molar-refractivity contribution in [1.82, 2.24) is 5.32 Å². The van der Waals surface area contributed by atoms with Crippen molar-refractivity contribution in [1.29, 1.82) is 0 Å². The van der Waals surface area contributed by atoms with E-state index in [4.69, 9.17) is 25.8 Å². The van der Waals surface area contributed by atoms with Crippen molar-refractivity contribution < 1.29 is 19.0 Å². The highest BCUT2D eigenvalue weighted by Gasteiger charge is 2.24. The van der Waals surface area contributed by atoms with Crippen LogP contribution in [0.4, 0.5) is 0 Å². The van der Waals surface area contributed by atoms with Crippen LogP contribution in [-0.4, -0.2) is 25.2 Å². The number of rotatable bonds is 6. The van der Waals surface area contributed by atoms with Gasteiger partial charge in [-0.15, -0.1) is 0 Å². The van der Waals surface area contributed by atoms with E-state index in [-0.39, 0.29) is 17.9 Å². The van der Waals surface area contributed by atoms with Crippen LogP contribution in [0.5, 0.6) is 17.2 Å². The summed E-state index contributed by atoms with van der Waals surface area (Å²) in [5.41, 5.74) is 0.978. The van der Waals surface area contributed by atoms with Gasteiger partial charge in [-0.3, -0.25) is 4.79 Å². The predicted molar refractivity (Wildman–Crippen MR) is 109 cm³/mol. The molecule has 28 heavy (non-hydrogen) atoms. The molecule has 1 amide bonds. The number of ether oxygens (including phenoxy) is 3. The Bertz CT molecular complexity index is 807. The molecular weight excluding hydrogens is 378 g/mol. The van der Waals surface area contributed by atoms with Gasteiger partial charge >= 0.3 is 0 Å². The number of carbonyl (C=O) groups excluding carboxylic acids is 1. The van der Waals surface area contributed by atoms with E-state index in [0.29, 0.717) is 24.0 Å². The van der Waals surface area contributed by atoms with Gasteiger partial charge in [-0.05, 0) is 54.8 Å². The average Bonchev–Trinajstić information content (AvgIpc) is 2.92. The number of carbonyl (C=O) groups is 1. The fraction of sp³-hybridized carbons (Fsp3) is 0.409. The van der Waals surface area contributed by atoms with E-state index in [1.807, 2.05) is 18.2 Å². The van der Waals surface area contributed by atoms with E-state index in [0.717, 1.165) is 23.5 Å². The van der Waals surface area contributed by atoms with Gasteiger partial charge in [0, 0.05) is 11.4 Å². The highest BCUT2D eigenvalue weighted by atomic mass is 35.5. The van der Waals surface area contributed by atoms with Gasteiger partial charge in [0.1, 0.15) is 5.75 Å². The van der Waals surface area contributed by atoms with Crippen molar-refractivity contribution in [2.45, 2.75) is 39.3 Å². The quantitative estimate of drug-likeness (QED) is 0.753. The van der Waals surface area contributed by atoms with Crippen LogP contribution in [0.25, 0.3) is 0 Å². The molecule has 1 aliphatic rings. The lowest BCUT2D eigenvalue weighted by Crippen LogP contribution is -2.40. The molecule has 0 saturated heterocycles. The third-order valence-corrected chi connectivity index (χ3v) is 4.84. The van der Waals surface area contributed by atoms with Gasteiger partial charge in [0.2, 0.25) is 0 Å². The summed E-state index contributed by atoms with van der Waals surface area (Å²) in [6.07, 6.45) is 0.219. The molecule has 0 saturated carbocycles. The second kappa shape index (κ2) is 9.20. The number of hydrogen-bond acceptors (Lipinski definition) is 4. The monoisotopic (exact) mass is 403 g/mol. The lowest BCUT2D eigenvalue weighted by atomic mass is 9.95. The second-order valence-electron chi connectivity index (χ2n) is 7.20. The zero-order chi connectivity index (χ0) is 20.1. The van der Waals surface area contributed by atoms with Crippen LogP contribution in [0.3, 0.4) is 0 Å². The van der Waals surface area contributed by atoms with Crippen molar-refractivity contribution in [3.05, 3.63) is 53.1 Å². The summed E-state index contributed by atoms with van der Waals surface area (Å²) in [7, 11) is 0. The Kier molecular flexibility index (Phi) is 6.68. The Labute approximate surface area is 170 Å². The van der Waals surface area contributed by atoms with Crippen molar-refractivity contribution in [2.24, 2.45) is 5.92 Å². The maximum absolute atomic E-state index is 12.7. The summed E-state index contributed by atoms with van der Waals surface area (Å²) in [6, 6.07) is 12.6. The third-order valence-electron chi connectivity index (χ3n) is 4.59. The summed E-state index contributed by atoms with van der Waals surface area (Å²) in [6.45, 7) is 7.14. The summed E-state index contributed by atoms with van der Waals surface area (Å²) in [4.78, 5) is 12.7. The number of amides is 1. The topological polar surface area (TPSA) is 56.8 Å². The van der Waals surface area contributed by atoms with Crippen LogP contribution in [0.2, 0.25) is 5.02 Å². The maximum Gasteiger partial charge on any atom is 0.261 e. The molecule has 2 aromatic carbocycles. The molecule has 0 spiro atoms. The van der Waals surface area contributed by atoms with Crippen molar-refractivity contribution in [3.63, 3.8) is 0 Å². The van der Waals surface area contributed by atoms with Crippen LogP contribution >= 0.6 is 11.6 Å². The number of halogens is 1. The average molecular weight is 404 g/mol. The summed E-state index contributed by atoms with van der Waals surface area (Å²) < 4.78 is 17.2. The normalized spacial score (nSPS) is 15.5. The minimum atomic E-state index is -0.636. The molecule has 0 radical (unpaired) electrons. The lowest BCUT2D eigenvalue weighted by molar-refractivity contribution is -0.128. The largest absolute Gasteiger partial charge is 0.490 e. The number of benzene rings is 2. The molecule has 1 aliphatic heterocycles. The molecule has 5 nitrogen and oxygen atoms in total. The Morgan fingerprint density at radius 3 is 2.39 bits per heavy atom. The molecule has 150 valence electrons. The van der Waals surface area contributed by atoms with Gasteiger partial charge in [0.15, 0.2) is 17.6 Å². The maximum atomic E-state index is 12.7. The fourth-order valence-corrected chi connectivity index (χ4v) is 3.18. The van der Waals surface area contributed by atoms with Gasteiger partial charge in [0.05, 0.1) is 19.3 Å². The molecule has 1 heterocycles. The Morgan fingerprint density at radius 1 is 1.04 bits per heavy atom. The van der Waals surface area contributed by atoms with E-state index < -0.39 is 6.10 Å². The summed E-state index contributed by atoms with van der Waals surface area (Å²) in [5.74, 6) is 2.08. The van der Waals surface area contributed by atoms with Crippen LogP contribution in [0.1, 0.15) is 38.8 Å². The molecule has 1 N–H and O–H groups in total. The molecule has 0 aromatic heterocycles. The number of fused-ring (bicyclic) bond motifs is 1. The zero-order valence-electron chi connectivity index (χ0n) is 16.4. The van der Waals surface area contributed by atoms with Crippen molar-refractivity contribution >= 4 is 17.5 Å². The molecule has 0 fully saturated rings. The minimum Gasteiger partial charge on any atom is -0.490 e. The predicted octanol–water partition coefficient (Wildman–Crippen LogP) is 4.78. The van der Waals surface area contributed by atoms with E-state index in [2.05, 4.69) is 19.2 Å². The first kappa shape index (κ1) is 20.3. The molecule has 3 rings (SSSR count). The fourth-order valence-electron chi connectivity index (χ4n) is 3.05. The zero-order valence-corrected chi connectivity index (χ0v) is 17.2. The van der Waals surface area contributed by atoms with Crippen molar-refractivity contribution in [3.8, 4) is 17.2 Å². The van der Waals surface area contributed by atoms with Gasteiger partial charge in [-0.1, -0.05) is 31.5 Å². The van der Waals surface area contributed by atoms with Gasteiger partial charge < -0.3 is 19.5 Å². The molecule has 0 bridgehead atoms. The Morgan fingerprint density at radius 2 is 1.71 bits per heavy atom. The first-order chi connectivity index (χ1) is 13.4. The van der Waals surface area contributed by atoms with E-state index >= 15 is 0 Å². The Balaban J connectivity index is 1.71. The highest BCUT2D eigenvalue weighted by molar-refractivity contribution is 6.30. The second-order valence-corrected chi connectivity index (χ2v) is 7.64. The number of hydrogen-bond donors (Lipinski definition) is 1. The smallest absolute Gasteiger partial charge is 0.261 e. The van der Waals surface area contributed by atoms with E-state index in [1.165, 1.54) is 0 Å².